The first kappa shape index (κ1) is 20.2. The molecule has 0 atom stereocenters. The molecule has 0 saturated carbocycles. The van der Waals surface area contributed by atoms with Gasteiger partial charge in [0, 0.05) is 18.0 Å². The zero-order valence-corrected chi connectivity index (χ0v) is 14.2. The highest BCUT2D eigenvalue weighted by Crippen LogP contribution is 2.36. The second kappa shape index (κ2) is 7.11. The fourth-order valence-electron chi connectivity index (χ4n) is 2.42. The Hall–Kier alpha value is -3.57. The van der Waals surface area contributed by atoms with Crippen LogP contribution in [0.1, 0.15) is 21.7 Å². The lowest BCUT2D eigenvalue weighted by molar-refractivity contribution is -0.143. The van der Waals surface area contributed by atoms with E-state index in [0.29, 0.717) is 0 Å². The van der Waals surface area contributed by atoms with Crippen molar-refractivity contribution in [3.8, 4) is 5.69 Å². The molecule has 0 aliphatic heterocycles. The number of pyridine rings is 1. The van der Waals surface area contributed by atoms with Crippen LogP contribution in [0.25, 0.3) is 5.69 Å². The highest BCUT2D eigenvalue weighted by atomic mass is 19.4. The first-order valence-corrected chi connectivity index (χ1v) is 7.82. The van der Waals surface area contributed by atoms with Crippen molar-refractivity contribution in [3.05, 3.63) is 65.7 Å². The van der Waals surface area contributed by atoms with Crippen molar-refractivity contribution in [2.45, 2.75) is 12.4 Å². The standard InChI is InChI=1S/C17H11F6N5O/c18-16(19,20)13-7-14(17(21,22)23)28(27-13)10-3-1-9(2-4-10)26-15(29)11-5-6-25-8-12(11)24/h1-8H,24H2,(H,26,29). The van der Waals surface area contributed by atoms with Crippen molar-refractivity contribution >= 4 is 17.3 Å². The number of hydrogen-bond acceptors (Lipinski definition) is 4. The van der Waals surface area contributed by atoms with Crippen LogP contribution in [0.4, 0.5) is 37.7 Å². The smallest absolute Gasteiger partial charge is 0.397 e. The van der Waals surface area contributed by atoms with E-state index >= 15 is 0 Å². The number of hydrogen-bond donors (Lipinski definition) is 2. The summed E-state index contributed by atoms with van der Waals surface area (Å²) in [4.78, 5) is 15.9. The van der Waals surface area contributed by atoms with Crippen molar-refractivity contribution in [1.29, 1.82) is 0 Å². The van der Waals surface area contributed by atoms with Gasteiger partial charge in [0.25, 0.3) is 5.91 Å². The van der Waals surface area contributed by atoms with Gasteiger partial charge in [0.2, 0.25) is 0 Å². The Kier molecular flexibility index (Phi) is 4.95. The third-order valence-corrected chi connectivity index (χ3v) is 3.76. The summed E-state index contributed by atoms with van der Waals surface area (Å²) >= 11 is 0. The maximum Gasteiger partial charge on any atom is 0.435 e. The first-order chi connectivity index (χ1) is 13.5. The molecular formula is C17H11F6N5O. The van der Waals surface area contributed by atoms with E-state index in [4.69, 9.17) is 5.73 Å². The number of nitrogens with one attached hydrogen (secondary N) is 1. The zero-order chi connectivity index (χ0) is 21.4. The van der Waals surface area contributed by atoms with E-state index in [1.165, 1.54) is 30.6 Å². The van der Waals surface area contributed by atoms with Crippen LogP contribution in [0.2, 0.25) is 0 Å². The van der Waals surface area contributed by atoms with E-state index in [9.17, 15) is 31.1 Å². The normalized spacial score (nSPS) is 12.1. The quantitative estimate of drug-likeness (QED) is 0.630. The van der Waals surface area contributed by atoms with Crippen molar-refractivity contribution in [3.63, 3.8) is 0 Å². The number of halogens is 6. The van der Waals surface area contributed by atoms with Crippen LogP contribution in [0.5, 0.6) is 0 Å². The molecule has 3 rings (SSSR count). The molecule has 12 heteroatoms. The van der Waals surface area contributed by atoms with Crippen LogP contribution in [-0.2, 0) is 12.4 Å². The highest BCUT2D eigenvalue weighted by Gasteiger charge is 2.42. The maximum atomic E-state index is 13.1. The Labute approximate surface area is 159 Å². The topological polar surface area (TPSA) is 85.8 Å². The zero-order valence-electron chi connectivity index (χ0n) is 14.2. The summed E-state index contributed by atoms with van der Waals surface area (Å²) in [5, 5.41) is 5.50. The lowest BCUT2D eigenvalue weighted by atomic mass is 10.2. The van der Waals surface area contributed by atoms with E-state index in [1.807, 2.05) is 0 Å². The number of carbonyl (C=O) groups excluding carboxylic acids is 1. The Morgan fingerprint density at radius 3 is 2.21 bits per heavy atom. The van der Waals surface area contributed by atoms with Crippen molar-refractivity contribution in [2.24, 2.45) is 0 Å². The number of nitrogens with zero attached hydrogens (tertiary/aromatic N) is 3. The lowest BCUT2D eigenvalue weighted by Gasteiger charge is -2.11. The molecule has 6 nitrogen and oxygen atoms in total. The predicted molar refractivity (Wildman–Crippen MR) is 90.2 cm³/mol. The molecule has 3 aromatic rings. The fraction of sp³-hybridized carbons (Fsp3) is 0.118. The van der Waals surface area contributed by atoms with Gasteiger partial charge in [-0.05, 0) is 30.3 Å². The summed E-state index contributed by atoms with van der Waals surface area (Å²) in [6.45, 7) is 0. The van der Waals surface area contributed by atoms with Gasteiger partial charge in [0.05, 0.1) is 23.1 Å². The summed E-state index contributed by atoms with van der Waals surface area (Å²) in [6, 6.07) is 5.93. The minimum Gasteiger partial charge on any atom is -0.397 e. The Balaban J connectivity index is 1.90. The molecule has 0 spiro atoms. The number of rotatable bonds is 3. The average Bonchev–Trinajstić information content (AvgIpc) is 3.09. The summed E-state index contributed by atoms with van der Waals surface area (Å²) < 4.78 is 77.8. The van der Waals surface area contributed by atoms with Gasteiger partial charge in [0.1, 0.15) is 5.69 Å². The van der Waals surface area contributed by atoms with Gasteiger partial charge < -0.3 is 11.1 Å². The number of aromatic nitrogens is 3. The summed E-state index contributed by atoms with van der Waals surface area (Å²) in [6.07, 6.45) is -7.47. The average molecular weight is 415 g/mol. The van der Waals surface area contributed by atoms with Crippen molar-refractivity contribution in [1.82, 2.24) is 14.8 Å². The molecule has 3 N–H and O–H groups in total. The Morgan fingerprint density at radius 2 is 1.66 bits per heavy atom. The molecule has 29 heavy (non-hydrogen) atoms. The van der Waals surface area contributed by atoms with Crippen molar-refractivity contribution in [2.75, 3.05) is 11.1 Å². The fourth-order valence-corrected chi connectivity index (χ4v) is 2.42. The van der Waals surface area contributed by atoms with Crippen LogP contribution < -0.4 is 11.1 Å². The number of anilines is 2. The summed E-state index contributed by atoms with van der Waals surface area (Å²) in [5.41, 5.74) is 2.55. The Morgan fingerprint density at radius 1 is 1.00 bits per heavy atom. The number of amides is 1. The second-order valence-corrected chi connectivity index (χ2v) is 5.79. The van der Waals surface area contributed by atoms with Gasteiger partial charge in [-0.1, -0.05) is 0 Å². The van der Waals surface area contributed by atoms with Crippen LogP contribution in [0, 0.1) is 0 Å². The van der Waals surface area contributed by atoms with Gasteiger partial charge in [-0.15, -0.1) is 0 Å². The van der Waals surface area contributed by atoms with Crippen LogP contribution in [0.15, 0.2) is 48.8 Å². The van der Waals surface area contributed by atoms with E-state index < -0.39 is 29.6 Å². The molecule has 1 amide bonds. The van der Waals surface area contributed by atoms with Gasteiger partial charge in [-0.25, -0.2) is 4.68 Å². The highest BCUT2D eigenvalue weighted by molar-refractivity contribution is 6.07. The molecule has 1 aromatic carbocycles. The van der Waals surface area contributed by atoms with Crippen LogP contribution >= 0.6 is 0 Å². The molecule has 0 saturated heterocycles. The molecule has 152 valence electrons. The van der Waals surface area contributed by atoms with Crippen molar-refractivity contribution < 1.29 is 31.1 Å². The predicted octanol–water partition coefficient (Wildman–Crippen LogP) is 4.14. The first-order valence-electron chi connectivity index (χ1n) is 7.82. The molecule has 0 unspecified atom stereocenters. The number of nitrogen functional groups attached to an aromatic ring is 1. The molecule has 0 fully saturated rings. The monoisotopic (exact) mass is 415 g/mol. The lowest BCUT2D eigenvalue weighted by Crippen LogP contribution is -2.15. The maximum absolute atomic E-state index is 13.1. The van der Waals surface area contributed by atoms with E-state index in [2.05, 4.69) is 15.4 Å². The molecule has 0 radical (unpaired) electrons. The molecule has 0 bridgehead atoms. The number of benzene rings is 1. The number of nitrogens with two attached hydrogens (primary N) is 1. The van der Waals surface area contributed by atoms with Gasteiger partial charge in [-0.3, -0.25) is 9.78 Å². The van der Waals surface area contributed by atoms with Crippen LogP contribution in [-0.4, -0.2) is 20.7 Å². The minimum atomic E-state index is -5.05. The number of carbonyl (C=O) groups is 1. The molecular weight excluding hydrogens is 404 g/mol. The molecule has 2 aromatic heterocycles. The Bertz CT molecular complexity index is 1040. The molecule has 0 aliphatic rings. The van der Waals surface area contributed by atoms with Gasteiger partial charge in [-0.2, -0.15) is 31.4 Å². The largest absolute Gasteiger partial charge is 0.435 e. The SMILES string of the molecule is Nc1cnccc1C(=O)Nc1ccc(-n2nc(C(F)(F)F)cc2C(F)(F)F)cc1. The van der Waals surface area contributed by atoms with Gasteiger partial charge in [0.15, 0.2) is 5.69 Å². The van der Waals surface area contributed by atoms with Gasteiger partial charge >= 0.3 is 12.4 Å². The molecule has 0 aliphatic carbocycles. The van der Waals surface area contributed by atoms with E-state index in [1.54, 1.807) is 0 Å². The number of alkyl halides is 6. The minimum absolute atomic E-state index is 0.0676. The summed E-state index contributed by atoms with van der Waals surface area (Å²) in [5.74, 6) is -0.591. The van der Waals surface area contributed by atoms with E-state index in [-0.39, 0.29) is 33.4 Å². The van der Waals surface area contributed by atoms with E-state index in [0.717, 1.165) is 12.1 Å². The third kappa shape index (κ3) is 4.31. The third-order valence-electron chi connectivity index (χ3n) is 3.76. The second-order valence-electron chi connectivity index (χ2n) is 5.79. The summed E-state index contributed by atoms with van der Waals surface area (Å²) in [7, 11) is 0. The van der Waals surface area contributed by atoms with Crippen LogP contribution in [0.3, 0.4) is 0 Å². The molecule has 2 heterocycles.